The van der Waals surface area contributed by atoms with Crippen LogP contribution >= 0.6 is 0 Å². The summed E-state index contributed by atoms with van der Waals surface area (Å²) in [6, 6.07) is -1.25. The Bertz CT molecular complexity index is 651. The molecule has 3 aliphatic rings. The Hall–Kier alpha value is -2.16. The Labute approximate surface area is 171 Å². The largest absolute Gasteiger partial charge is 0.338 e. The third-order valence-corrected chi connectivity index (χ3v) is 6.68. The van der Waals surface area contributed by atoms with Gasteiger partial charge in [0.15, 0.2) is 0 Å². The highest BCUT2D eigenvalue weighted by Crippen LogP contribution is 2.61. The van der Waals surface area contributed by atoms with E-state index < -0.39 is 23.4 Å². The van der Waals surface area contributed by atoms with Gasteiger partial charge in [-0.15, -0.1) is 0 Å². The predicted molar refractivity (Wildman–Crippen MR) is 104 cm³/mol. The van der Waals surface area contributed by atoms with Gasteiger partial charge in [-0.05, 0) is 37.5 Å². The molecule has 3 atom stereocenters. The minimum absolute atomic E-state index is 0.0433. The molecule has 3 rings (SSSR count). The van der Waals surface area contributed by atoms with Crippen LogP contribution in [-0.4, -0.2) is 65.1 Å². The minimum atomic E-state index is -0.821. The third-order valence-electron chi connectivity index (χ3n) is 6.68. The maximum atomic E-state index is 13.5. The van der Waals surface area contributed by atoms with E-state index in [4.69, 9.17) is 0 Å². The summed E-state index contributed by atoms with van der Waals surface area (Å²) < 4.78 is 0. The number of hydrogen-bond donors (Lipinski definition) is 3. The molecule has 29 heavy (non-hydrogen) atoms. The van der Waals surface area contributed by atoms with Crippen LogP contribution in [-0.2, 0) is 14.4 Å². The Morgan fingerprint density at radius 3 is 2.59 bits per heavy atom. The van der Waals surface area contributed by atoms with Gasteiger partial charge in [0.05, 0.1) is 12.0 Å². The van der Waals surface area contributed by atoms with Gasteiger partial charge in [0, 0.05) is 13.1 Å². The highest BCUT2D eigenvalue weighted by atomic mass is 16.5. The van der Waals surface area contributed by atoms with Crippen LogP contribution in [0.5, 0.6) is 0 Å². The predicted octanol–water partition coefficient (Wildman–Crippen LogP) is 1.26. The molecule has 9 heteroatoms. The number of rotatable bonds is 8. The molecule has 0 aromatic carbocycles. The van der Waals surface area contributed by atoms with Crippen molar-refractivity contribution in [3.05, 3.63) is 0 Å². The van der Waals surface area contributed by atoms with Crippen molar-refractivity contribution in [2.24, 2.45) is 17.3 Å². The molecule has 3 fully saturated rings. The van der Waals surface area contributed by atoms with E-state index in [2.05, 4.69) is 10.6 Å². The molecule has 0 aromatic rings. The summed E-state index contributed by atoms with van der Waals surface area (Å²) in [5, 5.41) is 15.3. The Balaban J connectivity index is 1.70. The highest BCUT2D eigenvalue weighted by Gasteiger charge is 2.65. The fourth-order valence-electron chi connectivity index (χ4n) is 5.18. The van der Waals surface area contributed by atoms with Gasteiger partial charge >= 0.3 is 6.03 Å². The number of hydrogen-bond acceptors (Lipinski definition) is 5. The number of carbonyl (C=O) groups excluding carboxylic acids is 4. The van der Waals surface area contributed by atoms with Gasteiger partial charge in [-0.3, -0.25) is 24.9 Å². The zero-order valence-corrected chi connectivity index (χ0v) is 17.1. The normalized spacial score (nSPS) is 28.8. The number of nitrogens with zero attached hydrogens (tertiary/aromatic N) is 2. The number of nitrogens with one attached hydrogen (secondary N) is 2. The quantitative estimate of drug-likeness (QED) is 0.317. The summed E-state index contributed by atoms with van der Waals surface area (Å²) in [4.78, 5) is 50.5. The molecule has 2 saturated carbocycles. The first kappa shape index (κ1) is 21.5. The van der Waals surface area contributed by atoms with E-state index in [1.165, 1.54) is 0 Å². The topological polar surface area (TPSA) is 119 Å². The zero-order valence-electron chi connectivity index (χ0n) is 17.1. The molecule has 0 bridgehead atoms. The van der Waals surface area contributed by atoms with Gasteiger partial charge in [0.1, 0.15) is 6.04 Å². The number of amides is 5. The Morgan fingerprint density at radius 2 is 1.93 bits per heavy atom. The highest BCUT2D eigenvalue weighted by molar-refractivity contribution is 5.99. The number of carbonyl (C=O) groups is 4. The number of hydroxylamine groups is 2. The van der Waals surface area contributed by atoms with Crippen molar-refractivity contribution in [1.29, 1.82) is 0 Å². The molecular weight excluding hydrogens is 376 g/mol. The summed E-state index contributed by atoms with van der Waals surface area (Å²) >= 11 is 0. The van der Waals surface area contributed by atoms with Crippen molar-refractivity contribution >= 4 is 24.3 Å². The lowest BCUT2D eigenvalue weighted by Crippen LogP contribution is -2.53. The van der Waals surface area contributed by atoms with Crippen molar-refractivity contribution in [3.8, 4) is 0 Å². The van der Waals surface area contributed by atoms with E-state index in [1.54, 1.807) is 4.90 Å². The molecule has 1 aliphatic heterocycles. The SMILES string of the molecule is CCCNC(=O)NC(=O)[C@@H]1CCCN1C(=O)C1(CN(O)C=O)C[C@H]1C1CCCC1. The lowest BCUT2D eigenvalue weighted by Gasteiger charge is -2.30. The van der Waals surface area contributed by atoms with Crippen LogP contribution in [0.15, 0.2) is 0 Å². The third kappa shape index (κ3) is 4.55. The summed E-state index contributed by atoms with van der Waals surface area (Å²) in [5.41, 5.74) is -0.821. The lowest BCUT2D eigenvalue weighted by atomic mass is 9.91. The molecule has 162 valence electrons. The van der Waals surface area contributed by atoms with Crippen LogP contribution < -0.4 is 10.6 Å². The lowest BCUT2D eigenvalue weighted by molar-refractivity contribution is -0.160. The second-order valence-corrected chi connectivity index (χ2v) is 8.62. The van der Waals surface area contributed by atoms with Crippen LogP contribution in [0.1, 0.15) is 58.3 Å². The molecular formula is C20H32N4O5. The molecule has 0 radical (unpaired) electrons. The maximum absolute atomic E-state index is 13.5. The second-order valence-electron chi connectivity index (χ2n) is 8.62. The second kappa shape index (κ2) is 9.11. The van der Waals surface area contributed by atoms with Crippen molar-refractivity contribution in [3.63, 3.8) is 0 Å². The summed E-state index contributed by atoms with van der Waals surface area (Å²) in [7, 11) is 0. The minimum Gasteiger partial charge on any atom is -0.338 e. The smallest absolute Gasteiger partial charge is 0.321 e. The fourth-order valence-corrected chi connectivity index (χ4v) is 5.18. The van der Waals surface area contributed by atoms with Crippen LogP contribution in [0, 0.1) is 17.3 Å². The molecule has 3 N–H and O–H groups in total. The van der Waals surface area contributed by atoms with E-state index >= 15 is 0 Å². The molecule has 0 aromatic heterocycles. The first-order valence-corrected chi connectivity index (χ1v) is 10.7. The Kier molecular flexibility index (Phi) is 6.77. The van der Waals surface area contributed by atoms with E-state index in [1.807, 2.05) is 6.92 Å². The average molecular weight is 408 g/mol. The van der Waals surface area contributed by atoms with Gasteiger partial charge in [-0.2, -0.15) is 0 Å². The number of likely N-dealkylation sites (tertiary alicyclic amines) is 1. The zero-order chi connectivity index (χ0) is 21.0. The van der Waals surface area contributed by atoms with Crippen LogP contribution in [0.3, 0.4) is 0 Å². The first-order chi connectivity index (χ1) is 13.9. The molecule has 5 amide bonds. The molecule has 1 unspecified atom stereocenters. The van der Waals surface area contributed by atoms with Crippen LogP contribution in [0.25, 0.3) is 0 Å². The molecule has 0 spiro atoms. The van der Waals surface area contributed by atoms with Gasteiger partial charge in [-0.1, -0.05) is 32.6 Å². The molecule has 1 heterocycles. The van der Waals surface area contributed by atoms with Gasteiger partial charge in [-0.25, -0.2) is 9.86 Å². The standard InChI is InChI=1S/C20H32N4O5/c1-2-9-21-19(28)22-17(26)16-8-5-10-24(16)18(27)20(12-23(29)13-25)11-15(20)14-6-3-4-7-14/h13-16,29H,2-12H2,1H3,(H2,21,22,26,28)/t15-,16-,20?/m0/s1. The van der Waals surface area contributed by atoms with E-state index in [0.717, 1.165) is 32.1 Å². The average Bonchev–Trinajstić information content (AvgIpc) is 3.12. The Morgan fingerprint density at radius 1 is 1.21 bits per heavy atom. The fraction of sp³-hybridized carbons (Fsp3) is 0.800. The van der Waals surface area contributed by atoms with Crippen molar-refractivity contribution in [1.82, 2.24) is 20.6 Å². The number of urea groups is 1. The van der Waals surface area contributed by atoms with Gasteiger partial charge in [0.25, 0.3) is 5.91 Å². The maximum Gasteiger partial charge on any atom is 0.321 e. The molecule has 1 saturated heterocycles. The van der Waals surface area contributed by atoms with E-state index in [0.29, 0.717) is 49.7 Å². The monoisotopic (exact) mass is 408 g/mol. The van der Waals surface area contributed by atoms with E-state index in [-0.39, 0.29) is 18.4 Å². The molecule has 2 aliphatic carbocycles. The van der Waals surface area contributed by atoms with Gasteiger partial charge in [0.2, 0.25) is 12.3 Å². The van der Waals surface area contributed by atoms with Crippen LogP contribution in [0.2, 0.25) is 0 Å². The number of imide groups is 1. The summed E-state index contributed by atoms with van der Waals surface area (Å²) in [5.74, 6) is -0.103. The summed E-state index contributed by atoms with van der Waals surface area (Å²) in [6.07, 6.45) is 7.30. The van der Waals surface area contributed by atoms with Crippen molar-refractivity contribution in [2.45, 2.75) is 64.3 Å². The van der Waals surface area contributed by atoms with Crippen molar-refractivity contribution in [2.75, 3.05) is 19.6 Å². The summed E-state index contributed by atoms with van der Waals surface area (Å²) in [6.45, 7) is 2.78. The van der Waals surface area contributed by atoms with Crippen molar-refractivity contribution < 1.29 is 24.4 Å². The molecule has 9 nitrogen and oxygen atoms in total. The van der Waals surface area contributed by atoms with Crippen LogP contribution in [0.4, 0.5) is 4.79 Å². The first-order valence-electron chi connectivity index (χ1n) is 10.7. The van der Waals surface area contributed by atoms with E-state index in [9.17, 15) is 24.4 Å². The van der Waals surface area contributed by atoms with Gasteiger partial charge < -0.3 is 10.2 Å².